The zero-order valence-electron chi connectivity index (χ0n) is 14.4. The summed E-state index contributed by atoms with van der Waals surface area (Å²) in [5.41, 5.74) is 4.34. The normalized spacial score (nSPS) is 24.3. The Hall–Kier alpha value is -0.860. The molecule has 1 N–H and O–H groups in total. The van der Waals surface area contributed by atoms with Gasteiger partial charge in [-0.2, -0.15) is 0 Å². The van der Waals surface area contributed by atoms with Crippen LogP contribution in [0, 0.1) is 19.8 Å². The minimum atomic E-state index is 0.555. The maximum Gasteiger partial charge on any atom is 0.0387 e. The molecule has 0 amide bonds. The Morgan fingerprint density at radius 3 is 2.67 bits per heavy atom. The van der Waals surface area contributed by atoms with Gasteiger partial charge >= 0.3 is 0 Å². The average Bonchev–Trinajstić information content (AvgIpc) is 2.59. The molecule has 118 valence electrons. The molecule has 1 aromatic rings. The van der Waals surface area contributed by atoms with Crippen molar-refractivity contribution in [2.75, 3.05) is 20.1 Å². The van der Waals surface area contributed by atoms with Crippen LogP contribution >= 0.6 is 0 Å². The lowest BCUT2D eigenvalue weighted by molar-refractivity contribution is 0.186. The number of nitrogens with one attached hydrogen (secondary N) is 1. The molecule has 1 aliphatic rings. The second-order valence-corrected chi connectivity index (χ2v) is 7.10. The highest BCUT2D eigenvalue weighted by Crippen LogP contribution is 2.35. The molecule has 2 heteroatoms. The molecule has 0 radical (unpaired) electrons. The first-order valence-corrected chi connectivity index (χ1v) is 8.50. The molecule has 2 rings (SSSR count). The molecule has 1 aliphatic heterocycles. The van der Waals surface area contributed by atoms with E-state index in [0.29, 0.717) is 18.0 Å². The number of aryl methyl sites for hydroxylation is 2. The summed E-state index contributed by atoms with van der Waals surface area (Å²) in [6.45, 7) is 11.3. The lowest BCUT2D eigenvalue weighted by Gasteiger charge is -2.34. The molecule has 1 aromatic carbocycles. The van der Waals surface area contributed by atoms with Gasteiger partial charge in [-0.05, 0) is 57.3 Å². The van der Waals surface area contributed by atoms with Crippen LogP contribution in [0.3, 0.4) is 0 Å². The summed E-state index contributed by atoms with van der Waals surface area (Å²) in [6.07, 6.45) is 4.02. The van der Waals surface area contributed by atoms with Crippen LogP contribution in [0.1, 0.15) is 55.8 Å². The van der Waals surface area contributed by atoms with E-state index in [4.69, 9.17) is 0 Å². The van der Waals surface area contributed by atoms with Gasteiger partial charge in [0.15, 0.2) is 0 Å². The summed E-state index contributed by atoms with van der Waals surface area (Å²) in [5, 5.41) is 3.67. The Kier molecular flexibility index (Phi) is 5.83. The van der Waals surface area contributed by atoms with Gasteiger partial charge in [0.05, 0.1) is 0 Å². The van der Waals surface area contributed by atoms with Crippen LogP contribution in [0.2, 0.25) is 0 Å². The predicted molar refractivity (Wildman–Crippen MR) is 91.8 cm³/mol. The summed E-state index contributed by atoms with van der Waals surface area (Å²) >= 11 is 0. The van der Waals surface area contributed by atoms with Crippen molar-refractivity contribution in [3.05, 3.63) is 34.9 Å². The number of hydrogen-bond donors (Lipinski definition) is 1. The number of benzene rings is 1. The lowest BCUT2D eigenvalue weighted by atomic mass is 9.86. The van der Waals surface area contributed by atoms with E-state index in [1.54, 1.807) is 0 Å². The number of nitrogens with zero attached hydrogens (tertiary/aromatic N) is 1. The van der Waals surface area contributed by atoms with Gasteiger partial charge in [0, 0.05) is 18.6 Å². The smallest absolute Gasteiger partial charge is 0.0387 e. The van der Waals surface area contributed by atoms with E-state index in [1.165, 1.54) is 42.5 Å². The van der Waals surface area contributed by atoms with Crippen LogP contribution in [-0.4, -0.2) is 31.1 Å². The first-order valence-electron chi connectivity index (χ1n) is 8.50. The van der Waals surface area contributed by atoms with Crippen LogP contribution in [-0.2, 0) is 0 Å². The molecule has 1 fully saturated rings. The Bertz CT molecular complexity index is 453. The van der Waals surface area contributed by atoms with Crippen molar-refractivity contribution in [2.45, 2.75) is 59.0 Å². The van der Waals surface area contributed by atoms with E-state index in [1.807, 2.05) is 0 Å². The van der Waals surface area contributed by atoms with E-state index in [2.05, 4.69) is 63.2 Å². The third-order valence-electron chi connectivity index (χ3n) is 4.79. The van der Waals surface area contributed by atoms with Gasteiger partial charge in [0.2, 0.25) is 0 Å². The van der Waals surface area contributed by atoms with Crippen LogP contribution < -0.4 is 5.32 Å². The molecule has 2 atom stereocenters. The van der Waals surface area contributed by atoms with Gasteiger partial charge in [-0.1, -0.05) is 44.0 Å². The van der Waals surface area contributed by atoms with Crippen molar-refractivity contribution in [3.8, 4) is 0 Å². The standard InChI is InChI=1S/C19H32N2/c1-14(2)20-13-17-8-6-7-11-21(5)19(17)18-10-9-15(3)12-16(18)4/h9-10,12,14,17,19-20H,6-8,11,13H2,1-5H3. The maximum absolute atomic E-state index is 3.67. The fraction of sp³-hybridized carbons (Fsp3) is 0.684. The minimum Gasteiger partial charge on any atom is -0.314 e. The fourth-order valence-electron chi connectivity index (χ4n) is 3.67. The average molecular weight is 288 g/mol. The van der Waals surface area contributed by atoms with Crippen molar-refractivity contribution in [3.63, 3.8) is 0 Å². The van der Waals surface area contributed by atoms with Crippen molar-refractivity contribution in [2.24, 2.45) is 5.92 Å². The Balaban J connectivity index is 2.27. The zero-order chi connectivity index (χ0) is 15.4. The number of rotatable bonds is 4. The monoisotopic (exact) mass is 288 g/mol. The second kappa shape index (κ2) is 7.42. The van der Waals surface area contributed by atoms with Gasteiger partial charge in [-0.25, -0.2) is 0 Å². The second-order valence-electron chi connectivity index (χ2n) is 7.10. The van der Waals surface area contributed by atoms with Crippen molar-refractivity contribution >= 4 is 0 Å². The summed E-state index contributed by atoms with van der Waals surface area (Å²) in [6, 6.07) is 8.09. The Morgan fingerprint density at radius 2 is 2.00 bits per heavy atom. The van der Waals surface area contributed by atoms with Crippen molar-refractivity contribution in [1.29, 1.82) is 0 Å². The third kappa shape index (κ3) is 4.31. The molecule has 0 saturated carbocycles. The quantitative estimate of drug-likeness (QED) is 0.898. The van der Waals surface area contributed by atoms with Gasteiger partial charge in [-0.15, -0.1) is 0 Å². The molecule has 2 unspecified atom stereocenters. The topological polar surface area (TPSA) is 15.3 Å². The summed E-state index contributed by atoms with van der Waals surface area (Å²) in [7, 11) is 2.30. The Morgan fingerprint density at radius 1 is 1.24 bits per heavy atom. The molecule has 21 heavy (non-hydrogen) atoms. The van der Waals surface area contributed by atoms with E-state index >= 15 is 0 Å². The van der Waals surface area contributed by atoms with Crippen LogP contribution in [0.4, 0.5) is 0 Å². The molecule has 2 nitrogen and oxygen atoms in total. The minimum absolute atomic E-state index is 0.555. The Labute approximate surface area is 130 Å². The summed E-state index contributed by atoms with van der Waals surface area (Å²) in [5.74, 6) is 0.710. The number of hydrogen-bond acceptors (Lipinski definition) is 2. The molecular formula is C19H32N2. The maximum atomic E-state index is 3.67. The molecule has 0 aromatic heterocycles. The lowest BCUT2D eigenvalue weighted by Crippen LogP contribution is -2.37. The molecule has 0 aliphatic carbocycles. The van der Waals surface area contributed by atoms with Gasteiger partial charge in [-0.3, -0.25) is 4.90 Å². The van der Waals surface area contributed by atoms with Crippen LogP contribution in [0.25, 0.3) is 0 Å². The van der Waals surface area contributed by atoms with Crippen LogP contribution in [0.15, 0.2) is 18.2 Å². The SMILES string of the molecule is Cc1ccc(C2C(CNC(C)C)CCCCN2C)c(C)c1. The molecule has 1 heterocycles. The summed E-state index contributed by atoms with van der Waals surface area (Å²) < 4.78 is 0. The van der Waals surface area contributed by atoms with E-state index in [0.717, 1.165) is 6.54 Å². The molecular weight excluding hydrogens is 256 g/mol. The van der Waals surface area contributed by atoms with Crippen LogP contribution in [0.5, 0.6) is 0 Å². The first kappa shape index (κ1) is 16.5. The van der Waals surface area contributed by atoms with E-state index in [-0.39, 0.29) is 0 Å². The fourth-order valence-corrected chi connectivity index (χ4v) is 3.67. The molecule has 1 saturated heterocycles. The number of likely N-dealkylation sites (tertiary alicyclic amines) is 1. The molecule has 0 spiro atoms. The highest BCUT2D eigenvalue weighted by molar-refractivity contribution is 5.33. The van der Waals surface area contributed by atoms with Gasteiger partial charge < -0.3 is 5.32 Å². The van der Waals surface area contributed by atoms with E-state index < -0.39 is 0 Å². The first-order chi connectivity index (χ1) is 9.99. The highest BCUT2D eigenvalue weighted by Gasteiger charge is 2.29. The van der Waals surface area contributed by atoms with Gasteiger partial charge in [0.25, 0.3) is 0 Å². The molecule has 0 bridgehead atoms. The van der Waals surface area contributed by atoms with E-state index in [9.17, 15) is 0 Å². The largest absolute Gasteiger partial charge is 0.314 e. The van der Waals surface area contributed by atoms with Gasteiger partial charge in [0.1, 0.15) is 0 Å². The highest BCUT2D eigenvalue weighted by atomic mass is 15.1. The van der Waals surface area contributed by atoms with Crippen molar-refractivity contribution in [1.82, 2.24) is 10.2 Å². The third-order valence-corrected chi connectivity index (χ3v) is 4.79. The zero-order valence-corrected chi connectivity index (χ0v) is 14.4. The van der Waals surface area contributed by atoms with Crippen molar-refractivity contribution < 1.29 is 0 Å². The summed E-state index contributed by atoms with van der Waals surface area (Å²) in [4.78, 5) is 2.58. The predicted octanol–water partition coefficient (Wildman–Crippen LogP) is 4.07.